The number of amides is 1. The Morgan fingerprint density at radius 2 is 2.00 bits per heavy atom. The van der Waals surface area contributed by atoms with E-state index in [1.165, 1.54) is 0 Å². The molecule has 1 amide bonds. The van der Waals surface area contributed by atoms with Crippen LogP contribution in [0.1, 0.15) is 32.4 Å². The van der Waals surface area contributed by atoms with Crippen molar-refractivity contribution in [1.29, 1.82) is 0 Å². The third-order valence-electron chi connectivity index (χ3n) is 2.14. The Bertz CT molecular complexity index is 329. The van der Waals surface area contributed by atoms with Crippen molar-refractivity contribution in [2.45, 2.75) is 32.4 Å². The maximum Gasteiger partial charge on any atom is 0.239 e. The zero-order chi connectivity index (χ0) is 11.5. The summed E-state index contributed by atoms with van der Waals surface area (Å²) in [5, 5.41) is 2.84. The Hall–Kier alpha value is -1.42. The lowest BCUT2D eigenvalue weighted by atomic mass is 10.0. The molecule has 0 aliphatic rings. The van der Waals surface area contributed by atoms with Gasteiger partial charge in [-0.1, -0.05) is 0 Å². The van der Waals surface area contributed by atoms with E-state index < -0.39 is 5.54 Å². The van der Waals surface area contributed by atoms with Crippen LogP contribution in [0.3, 0.4) is 0 Å². The molecule has 15 heavy (non-hydrogen) atoms. The second-order valence-electron chi connectivity index (χ2n) is 4.20. The molecule has 0 unspecified atom stereocenters. The van der Waals surface area contributed by atoms with Gasteiger partial charge >= 0.3 is 0 Å². The van der Waals surface area contributed by atoms with E-state index in [0.29, 0.717) is 0 Å². The molecule has 1 atom stereocenters. The van der Waals surface area contributed by atoms with E-state index in [0.717, 1.165) is 5.56 Å². The van der Waals surface area contributed by atoms with Crippen LogP contribution in [0, 0.1) is 0 Å². The summed E-state index contributed by atoms with van der Waals surface area (Å²) in [5.41, 5.74) is 5.85. The summed E-state index contributed by atoms with van der Waals surface area (Å²) in [6.07, 6.45) is 3.40. The molecule has 1 heterocycles. The van der Waals surface area contributed by atoms with Crippen LogP contribution in [0.25, 0.3) is 0 Å². The topological polar surface area (TPSA) is 68.0 Å². The number of nitrogens with one attached hydrogen (secondary N) is 1. The molecule has 4 heteroatoms. The minimum absolute atomic E-state index is 0.0525. The second kappa shape index (κ2) is 4.40. The average Bonchev–Trinajstić information content (AvgIpc) is 2.17. The fourth-order valence-electron chi connectivity index (χ4n) is 1.12. The molecule has 1 rings (SSSR count). The number of carbonyl (C=O) groups is 1. The Kier molecular flexibility index (Phi) is 3.42. The Morgan fingerprint density at radius 1 is 1.47 bits per heavy atom. The van der Waals surface area contributed by atoms with E-state index >= 15 is 0 Å². The van der Waals surface area contributed by atoms with E-state index in [-0.39, 0.29) is 11.9 Å². The van der Waals surface area contributed by atoms with Crippen LogP contribution in [0.2, 0.25) is 0 Å². The first-order valence-electron chi connectivity index (χ1n) is 4.91. The molecular weight excluding hydrogens is 190 g/mol. The van der Waals surface area contributed by atoms with Crippen LogP contribution in [-0.2, 0) is 4.79 Å². The number of carbonyl (C=O) groups excluding carboxylic acids is 1. The highest BCUT2D eigenvalue weighted by Gasteiger charge is 2.23. The molecule has 3 N–H and O–H groups in total. The van der Waals surface area contributed by atoms with Gasteiger partial charge in [-0.2, -0.15) is 0 Å². The van der Waals surface area contributed by atoms with Crippen LogP contribution >= 0.6 is 0 Å². The summed E-state index contributed by atoms with van der Waals surface area (Å²) in [5.74, 6) is -0.160. The molecule has 4 nitrogen and oxygen atoms in total. The van der Waals surface area contributed by atoms with Gasteiger partial charge in [-0.15, -0.1) is 0 Å². The highest BCUT2D eigenvalue weighted by Crippen LogP contribution is 2.11. The van der Waals surface area contributed by atoms with E-state index in [1.807, 2.05) is 19.1 Å². The molecule has 0 spiro atoms. The number of rotatable bonds is 3. The highest BCUT2D eigenvalue weighted by atomic mass is 16.2. The molecule has 82 valence electrons. The van der Waals surface area contributed by atoms with Gasteiger partial charge < -0.3 is 11.1 Å². The monoisotopic (exact) mass is 207 g/mol. The second-order valence-corrected chi connectivity index (χ2v) is 4.20. The van der Waals surface area contributed by atoms with Crippen molar-refractivity contribution in [3.63, 3.8) is 0 Å². The Morgan fingerprint density at radius 3 is 2.47 bits per heavy atom. The van der Waals surface area contributed by atoms with Gasteiger partial charge in [0.2, 0.25) is 5.91 Å². The Balaban J connectivity index is 2.65. The van der Waals surface area contributed by atoms with Crippen molar-refractivity contribution in [1.82, 2.24) is 10.3 Å². The molecule has 0 aliphatic carbocycles. The van der Waals surface area contributed by atoms with Gasteiger partial charge in [-0.25, -0.2) is 0 Å². The fraction of sp³-hybridized carbons (Fsp3) is 0.455. The fourth-order valence-corrected chi connectivity index (χ4v) is 1.12. The summed E-state index contributed by atoms with van der Waals surface area (Å²) in [6.45, 7) is 5.28. The van der Waals surface area contributed by atoms with Crippen molar-refractivity contribution < 1.29 is 4.79 Å². The minimum Gasteiger partial charge on any atom is -0.348 e. The first kappa shape index (κ1) is 11.7. The predicted octanol–water partition coefficient (Wildman–Crippen LogP) is 0.996. The van der Waals surface area contributed by atoms with Crippen LogP contribution in [-0.4, -0.2) is 16.4 Å². The summed E-state index contributed by atoms with van der Waals surface area (Å²) >= 11 is 0. The van der Waals surface area contributed by atoms with Crippen LogP contribution < -0.4 is 11.1 Å². The molecule has 0 aliphatic heterocycles. The largest absolute Gasteiger partial charge is 0.348 e. The number of aromatic nitrogens is 1. The van der Waals surface area contributed by atoms with Gasteiger partial charge in [0.1, 0.15) is 0 Å². The van der Waals surface area contributed by atoms with Gasteiger partial charge in [0.25, 0.3) is 0 Å². The van der Waals surface area contributed by atoms with Crippen molar-refractivity contribution in [3.8, 4) is 0 Å². The maximum absolute atomic E-state index is 11.6. The van der Waals surface area contributed by atoms with Gasteiger partial charge in [0.05, 0.1) is 11.6 Å². The van der Waals surface area contributed by atoms with Crippen molar-refractivity contribution in [3.05, 3.63) is 30.1 Å². The lowest BCUT2D eigenvalue weighted by molar-refractivity contribution is -0.125. The van der Waals surface area contributed by atoms with E-state index in [9.17, 15) is 4.79 Å². The SMILES string of the molecule is C[C@H](NC(=O)C(C)(C)N)c1ccncc1. The quantitative estimate of drug-likeness (QED) is 0.776. The summed E-state index contributed by atoms with van der Waals surface area (Å²) in [4.78, 5) is 15.5. The van der Waals surface area contributed by atoms with E-state index in [1.54, 1.807) is 26.2 Å². The lowest BCUT2D eigenvalue weighted by Gasteiger charge is -2.21. The molecule has 1 aromatic heterocycles. The van der Waals surface area contributed by atoms with Gasteiger partial charge in [-0.3, -0.25) is 9.78 Å². The van der Waals surface area contributed by atoms with E-state index in [2.05, 4.69) is 10.3 Å². The standard InChI is InChI=1S/C11H17N3O/c1-8(9-4-6-13-7-5-9)14-10(15)11(2,3)12/h4-8H,12H2,1-3H3,(H,14,15)/t8-/m0/s1. The van der Waals surface area contributed by atoms with Gasteiger partial charge in [0.15, 0.2) is 0 Å². The molecule has 0 saturated heterocycles. The van der Waals surface area contributed by atoms with Crippen molar-refractivity contribution >= 4 is 5.91 Å². The molecular formula is C11H17N3O. The zero-order valence-electron chi connectivity index (χ0n) is 9.32. The minimum atomic E-state index is -0.846. The summed E-state index contributed by atoms with van der Waals surface area (Å²) < 4.78 is 0. The zero-order valence-corrected chi connectivity index (χ0v) is 9.32. The number of nitrogens with zero attached hydrogens (tertiary/aromatic N) is 1. The average molecular weight is 207 g/mol. The smallest absolute Gasteiger partial charge is 0.239 e. The van der Waals surface area contributed by atoms with Crippen LogP contribution in [0.5, 0.6) is 0 Å². The lowest BCUT2D eigenvalue weighted by Crippen LogP contribution is -2.49. The number of hydrogen-bond acceptors (Lipinski definition) is 3. The summed E-state index contributed by atoms with van der Waals surface area (Å²) in [7, 11) is 0. The molecule has 0 fully saturated rings. The van der Waals surface area contributed by atoms with E-state index in [4.69, 9.17) is 5.73 Å². The highest BCUT2D eigenvalue weighted by molar-refractivity contribution is 5.85. The molecule has 0 radical (unpaired) electrons. The van der Waals surface area contributed by atoms with Gasteiger partial charge in [-0.05, 0) is 38.5 Å². The maximum atomic E-state index is 11.6. The molecule has 1 aromatic rings. The third-order valence-corrected chi connectivity index (χ3v) is 2.14. The first-order valence-corrected chi connectivity index (χ1v) is 4.91. The number of hydrogen-bond donors (Lipinski definition) is 2. The molecule has 0 saturated carbocycles. The molecule has 0 aromatic carbocycles. The number of nitrogens with two attached hydrogens (primary N) is 1. The predicted molar refractivity (Wildman–Crippen MR) is 59.1 cm³/mol. The Labute approximate surface area is 89.9 Å². The third kappa shape index (κ3) is 3.32. The summed E-state index contributed by atoms with van der Waals surface area (Å²) in [6, 6.07) is 3.69. The molecule has 0 bridgehead atoms. The van der Waals surface area contributed by atoms with Gasteiger partial charge in [0, 0.05) is 12.4 Å². The van der Waals surface area contributed by atoms with Crippen LogP contribution in [0.15, 0.2) is 24.5 Å². The van der Waals surface area contributed by atoms with Crippen molar-refractivity contribution in [2.75, 3.05) is 0 Å². The normalized spacial score (nSPS) is 13.3. The van der Waals surface area contributed by atoms with Crippen LogP contribution in [0.4, 0.5) is 0 Å². The first-order chi connectivity index (χ1) is 6.91. The van der Waals surface area contributed by atoms with Crippen molar-refractivity contribution in [2.24, 2.45) is 5.73 Å². The number of pyridine rings is 1.